The van der Waals surface area contributed by atoms with Crippen LogP contribution in [0.3, 0.4) is 0 Å². The maximum atomic E-state index is 12.4. The lowest BCUT2D eigenvalue weighted by Gasteiger charge is -2.07. The lowest BCUT2D eigenvalue weighted by Crippen LogP contribution is -2.23. The number of aromatic nitrogens is 3. The fourth-order valence-electron chi connectivity index (χ4n) is 3.35. The van der Waals surface area contributed by atoms with E-state index >= 15 is 0 Å². The van der Waals surface area contributed by atoms with Gasteiger partial charge in [-0.2, -0.15) is 0 Å². The summed E-state index contributed by atoms with van der Waals surface area (Å²) in [5, 5.41) is 6.27. The Morgan fingerprint density at radius 3 is 2.81 bits per heavy atom. The predicted octanol–water partition coefficient (Wildman–Crippen LogP) is 5.07. The van der Waals surface area contributed by atoms with Crippen LogP contribution in [-0.4, -0.2) is 20.4 Å². The number of rotatable bonds is 5. The molecule has 0 saturated carbocycles. The molecule has 3 aromatic heterocycles. The second-order valence-corrected chi connectivity index (χ2v) is 9.17. The minimum absolute atomic E-state index is 0.116. The van der Waals surface area contributed by atoms with Crippen molar-refractivity contribution in [1.82, 2.24) is 14.5 Å². The molecule has 0 aliphatic rings. The first-order chi connectivity index (χ1) is 15.1. The molecule has 0 aliphatic heterocycles. The van der Waals surface area contributed by atoms with Gasteiger partial charge in [-0.05, 0) is 60.3 Å². The number of thiophene rings is 1. The van der Waals surface area contributed by atoms with Gasteiger partial charge in [0.1, 0.15) is 9.84 Å². The van der Waals surface area contributed by atoms with E-state index in [9.17, 15) is 9.59 Å². The summed E-state index contributed by atoms with van der Waals surface area (Å²) in [6.45, 7) is 2.36. The van der Waals surface area contributed by atoms with Gasteiger partial charge in [-0.3, -0.25) is 14.2 Å². The Kier molecular flexibility index (Phi) is 5.09. The standard InChI is InChI=1S/C23H18N4O2S2/c1-14-2-7-18-19(12-14)31-21(26-18)15-3-5-16(6-4-15)25-20(28)8-10-27-13-24-22-17(23(27)29)9-11-30-22/h2-7,9,11-13H,8,10H2,1H3,(H,25,28). The number of hydrogen-bond acceptors (Lipinski definition) is 6. The average molecular weight is 447 g/mol. The van der Waals surface area contributed by atoms with Crippen molar-refractivity contribution in [2.45, 2.75) is 19.9 Å². The van der Waals surface area contributed by atoms with Crippen LogP contribution in [0, 0.1) is 6.92 Å². The van der Waals surface area contributed by atoms with Crippen molar-refractivity contribution in [3.05, 3.63) is 76.2 Å². The van der Waals surface area contributed by atoms with Gasteiger partial charge in [0.15, 0.2) is 0 Å². The zero-order valence-corrected chi connectivity index (χ0v) is 18.3. The molecule has 0 saturated heterocycles. The van der Waals surface area contributed by atoms with E-state index in [1.165, 1.54) is 27.8 Å². The number of thiazole rings is 1. The Balaban J connectivity index is 1.25. The highest BCUT2D eigenvalue weighted by Crippen LogP contribution is 2.31. The third-order valence-electron chi connectivity index (χ3n) is 4.99. The van der Waals surface area contributed by atoms with Crippen LogP contribution in [-0.2, 0) is 11.3 Å². The third-order valence-corrected chi connectivity index (χ3v) is 6.88. The summed E-state index contributed by atoms with van der Waals surface area (Å²) < 4.78 is 2.64. The van der Waals surface area contributed by atoms with Crippen molar-refractivity contribution in [2.75, 3.05) is 5.32 Å². The number of anilines is 1. The van der Waals surface area contributed by atoms with Crippen molar-refractivity contribution in [2.24, 2.45) is 0 Å². The lowest BCUT2D eigenvalue weighted by molar-refractivity contribution is -0.116. The van der Waals surface area contributed by atoms with Crippen molar-refractivity contribution in [3.63, 3.8) is 0 Å². The molecule has 0 atom stereocenters. The molecule has 6 nitrogen and oxygen atoms in total. The number of fused-ring (bicyclic) bond motifs is 2. The normalized spacial score (nSPS) is 11.3. The molecule has 5 aromatic rings. The number of nitrogens with zero attached hydrogens (tertiary/aromatic N) is 3. The first kappa shape index (κ1) is 19.6. The van der Waals surface area contributed by atoms with Crippen LogP contribution in [0.15, 0.2) is 65.0 Å². The molecule has 1 amide bonds. The zero-order valence-electron chi connectivity index (χ0n) is 16.7. The lowest BCUT2D eigenvalue weighted by atomic mass is 10.2. The van der Waals surface area contributed by atoms with Gasteiger partial charge in [-0.25, -0.2) is 9.97 Å². The maximum Gasteiger partial charge on any atom is 0.262 e. The quantitative estimate of drug-likeness (QED) is 0.409. The fourth-order valence-corrected chi connectivity index (χ4v) is 5.14. The molecule has 0 fully saturated rings. The molecule has 1 N–H and O–H groups in total. The molecular formula is C23H18N4O2S2. The molecule has 2 aromatic carbocycles. The molecule has 8 heteroatoms. The second kappa shape index (κ2) is 8.05. The van der Waals surface area contributed by atoms with Crippen LogP contribution in [0.25, 0.3) is 31.0 Å². The largest absolute Gasteiger partial charge is 0.326 e. The van der Waals surface area contributed by atoms with E-state index < -0.39 is 0 Å². The summed E-state index contributed by atoms with van der Waals surface area (Å²) in [5.74, 6) is -0.152. The summed E-state index contributed by atoms with van der Waals surface area (Å²) in [5.41, 5.74) is 3.82. The summed E-state index contributed by atoms with van der Waals surface area (Å²) in [7, 11) is 0. The fraction of sp³-hybridized carbons (Fsp3) is 0.130. The van der Waals surface area contributed by atoms with Crippen molar-refractivity contribution in [3.8, 4) is 10.6 Å². The molecule has 0 radical (unpaired) electrons. The number of benzene rings is 2. The molecule has 0 unspecified atom stereocenters. The molecule has 0 spiro atoms. The average Bonchev–Trinajstić information content (AvgIpc) is 3.41. The molecule has 0 bridgehead atoms. The minimum Gasteiger partial charge on any atom is -0.326 e. The molecule has 154 valence electrons. The summed E-state index contributed by atoms with van der Waals surface area (Å²) in [4.78, 5) is 34.5. The number of carbonyl (C=O) groups excluding carboxylic acids is 1. The second-order valence-electron chi connectivity index (χ2n) is 7.25. The van der Waals surface area contributed by atoms with Gasteiger partial charge in [0.2, 0.25) is 5.91 Å². The predicted molar refractivity (Wildman–Crippen MR) is 127 cm³/mol. The van der Waals surface area contributed by atoms with Gasteiger partial charge >= 0.3 is 0 Å². The number of hydrogen-bond donors (Lipinski definition) is 1. The van der Waals surface area contributed by atoms with E-state index in [0.717, 1.165) is 20.8 Å². The van der Waals surface area contributed by atoms with Crippen molar-refractivity contribution in [1.29, 1.82) is 0 Å². The number of nitrogens with one attached hydrogen (secondary N) is 1. The minimum atomic E-state index is -0.152. The summed E-state index contributed by atoms with van der Waals surface area (Å²) in [6.07, 6.45) is 1.69. The summed E-state index contributed by atoms with van der Waals surface area (Å²) >= 11 is 3.09. The SMILES string of the molecule is Cc1ccc2nc(-c3ccc(NC(=O)CCn4cnc5sccc5c4=O)cc3)sc2c1. The molecule has 0 aliphatic carbocycles. The third kappa shape index (κ3) is 3.99. The van der Waals surface area contributed by atoms with Gasteiger partial charge in [-0.15, -0.1) is 22.7 Å². The van der Waals surface area contributed by atoms with Gasteiger partial charge in [-0.1, -0.05) is 6.07 Å². The number of carbonyl (C=O) groups is 1. The van der Waals surface area contributed by atoms with E-state index in [0.29, 0.717) is 15.9 Å². The van der Waals surface area contributed by atoms with Gasteiger partial charge < -0.3 is 5.32 Å². The smallest absolute Gasteiger partial charge is 0.262 e. The molecule has 5 rings (SSSR count). The number of amides is 1. The van der Waals surface area contributed by atoms with E-state index in [4.69, 9.17) is 4.98 Å². The Morgan fingerprint density at radius 1 is 1.13 bits per heavy atom. The summed E-state index contributed by atoms with van der Waals surface area (Å²) in [6, 6.07) is 15.7. The highest BCUT2D eigenvalue weighted by atomic mass is 32.1. The van der Waals surface area contributed by atoms with Crippen LogP contribution in [0.4, 0.5) is 5.69 Å². The monoisotopic (exact) mass is 446 g/mol. The molecule has 3 heterocycles. The molecule has 31 heavy (non-hydrogen) atoms. The Bertz CT molecular complexity index is 1460. The van der Waals surface area contributed by atoms with Crippen LogP contribution < -0.4 is 10.9 Å². The highest BCUT2D eigenvalue weighted by molar-refractivity contribution is 7.21. The van der Waals surface area contributed by atoms with E-state index in [2.05, 4.69) is 29.4 Å². The van der Waals surface area contributed by atoms with E-state index in [1.54, 1.807) is 17.4 Å². The van der Waals surface area contributed by atoms with E-state index in [-0.39, 0.29) is 24.4 Å². The first-order valence-corrected chi connectivity index (χ1v) is 11.5. The Morgan fingerprint density at radius 2 is 1.97 bits per heavy atom. The van der Waals surface area contributed by atoms with Crippen LogP contribution in [0.5, 0.6) is 0 Å². The van der Waals surface area contributed by atoms with Crippen molar-refractivity contribution >= 4 is 54.7 Å². The van der Waals surface area contributed by atoms with E-state index in [1.807, 2.05) is 35.7 Å². The Labute approximate surface area is 185 Å². The van der Waals surface area contributed by atoms with Crippen molar-refractivity contribution < 1.29 is 4.79 Å². The molecular weight excluding hydrogens is 428 g/mol. The maximum absolute atomic E-state index is 12.4. The Hall–Kier alpha value is -3.36. The highest BCUT2D eigenvalue weighted by Gasteiger charge is 2.09. The first-order valence-electron chi connectivity index (χ1n) is 9.77. The zero-order chi connectivity index (χ0) is 21.4. The van der Waals surface area contributed by atoms with Gasteiger partial charge in [0.05, 0.1) is 21.9 Å². The van der Waals surface area contributed by atoms with Crippen LogP contribution in [0.1, 0.15) is 12.0 Å². The number of aryl methyl sites for hydroxylation is 2. The van der Waals surface area contributed by atoms with Gasteiger partial charge in [0, 0.05) is 24.2 Å². The topological polar surface area (TPSA) is 76.9 Å². The van der Waals surface area contributed by atoms with Crippen LogP contribution >= 0.6 is 22.7 Å². The van der Waals surface area contributed by atoms with Crippen LogP contribution in [0.2, 0.25) is 0 Å². The van der Waals surface area contributed by atoms with Gasteiger partial charge in [0.25, 0.3) is 5.56 Å².